The number of nitrogens with zero attached hydrogens (tertiary/aromatic N) is 1. The Kier molecular flexibility index (Phi) is 4.97. The van der Waals surface area contributed by atoms with E-state index in [1.807, 2.05) is 13.8 Å². The molecule has 1 aromatic heterocycles. The summed E-state index contributed by atoms with van der Waals surface area (Å²) in [4.78, 5) is 3.42. The molecular weight excluding hydrogens is 195 g/mol. The quantitative estimate of drug-likeness (QED) is 0.704. The highest BCUT2D eigenvalue weighted by Crippen LogP contribution is 2.22. The predicted molar refractivity (Wildman–Crippen MR) is 47.0 cm³/mol. The van der Waals surface area contributed by atoms with Gasteiger partial charge in [0.2, 0.25) is 5.88 Å². The molecule has 0 N–H and O–H groups in total. The number of alkyl halides is 3. The van der Waals surface area contributed by atoms with E-state index in [2.05, 4.69) is 9.72 Å². The lowest BCUT2D eigenvalue weighted by atomic mass is 10.3. The lowest BCUT2D eigenvalue weighted by Gasteiger charge is -2.08. The van der Waals surface area contributed by atoms with Crippen LogP contribution in [0.3, 0.4) is 0 Å². The number of rotatable bonds is 1. The van der Waals surface area contributed by atoms with Crippen LogP contribution in [0.4, 0.5) is 13.2 Å². The Bertz CT molecular complexity index is 273. The van der Waals surface area contributed by atoms with Crippen molar-refractivity contribution in [2.24, 2.45) is 0 Å². The molecule has 5 heteroatoms. The van der Waals surface area contributed by atoms with Crippen molar-refractivity contribution in [3.63, 3.8) is 0 Å². The minimum absolute atomic E-state index is 0.356. The van der Waals surface area contributed by atoms with E-state index in [9.17, 15) is 13.2 Å². The molecular formula is C9H12F3NO. The summed E-state index contributed by atoms with van der Waals surface area (Å²) in [5.41, 5.74) is 0.356. The summed E-state index contributed by atoms with van der Waals surface area (Å²) in [7, 11) is 0. The molecule has 80 valence electrons. The van der Waals surface area contributed by atoms with Gasteiger partial charge in [0.15, 0.2) is 0 Å². The molecule has 2 nitrogen and oxygen atoms in total. The number of aromatic nitrogens is 1. The zero-order chi connectivity index (χ0) is 11.2. The molecule has 0 aromatic carbocycles. The van der Waals surface area contributed by atoms with Crippen molar-refractivity contribution in [3.8, 4) is 5.88 Å². The van der Waals surface area contributed by atoms with Crippen LogP contribution in [0.5, 0.6) is 5.88 Å². The topological polar surface area (TPSA) is 22.1 Å². The van der Waals surface area contributed by atoms with E-state index >= 15 is 0 Å². The summed E-state index contributed by atoms with van der Waals surface area (Å²) in [5, 5.41) is 0. The Hall–Kier alpha value is -1.26. The Labute approximate surface area is 80.7 Å². The zero-order valence-corrected chi connectivity index (χ0v) is 8.22. The van der Waals surface area contributed by atoms with Crippen LogP contribution in [-0.4, -0.2) is 11.3 Å². The molecule has 0 unspecified atom stereocenters. The molecule has 0 fully saturated rings. The lowest BCUT2D eigenvalue weighted by Crippen LogP contribution is -2.18. The van der Waals surface area contributed by atoms with Crippen LogP contribution >= 0.6 is 0 Å². The molecule has 1 rings (SSSR count). The number of halogens is 3. The minimum Gasteiger partial charge on any atom is -0.388 e. The van der Waals surface area contributed by atoms with E-state index in [1.54, 1.807) is 6.07 Å². The fourth-order valence-electron chi connectivity index (χ4n) is 0.688. The molecule has 0 saturated carbocycles. The van der Waals surface area contributed by atoms with Gasteiger partial charge in [-0.3, -0.25) is 0 Å². The van der Waals surface area contributed by atoms with Gasteiger partial charge in [0, 0.05) is 11.8 Å². The Morgan fingerprint density at radius 1 is 1.29 bits per heavy atom. The monoisotopic (exact) mass is 207 g/mol. The predicted octanol–water partition coefficient (Wildman–Crippen LogP) is 3.31. The summed E-state index contributed by atoms with van der Waals surface area (Å²) >= 11 is 0. The molecule has 0 atom stereocenters. The molecule has 0 bridgehead atoms. The van der Waals surface area contributed by atoms with Crippen molar-refractivity contribution in [3.05, 3.63) is 23.9 Å². The highest BCUT2D eigenvalue weighted by Gasteiger charge is 2.32. The SMILES string of the molecule is CC.Cc1cccnc1OC(F)(F)F. The van der Waals surface area contributed by atoms with E-state index in [-0.39, 0.29) is 0 Å². The van der Waals surface area contributed by atoms with Crippen LogP contribution in [0.25, 0.3) is 0 Å². The summed E-state index contributed by atoms with van der Waals surface area (Å²) in [6, 6.07) is 3.03. The van der Waals surface area contributed by atoms with E-state index < -0.39 is 12.2 Å². The third-order valence-corrected chi connectivity index (χ3v) is 1.17. The van der Waals surface area contributed by atoms with E-state index in [0.717, 1.165) is 0 Å². The van der Waals surface area contributed by atoms with E-state index in [0.29, 0.717) is 5.56 Å². The van der Waals surface area contributed by atoms with Crippen molar-refractivity contribution >= 4 is 0 Å². The number of ether oxygens (including phenoxy) is 1. The summed E-state index contributed by atoms with van der Waals surface area (Å²) < 4.78 is 38.6. The Morgan fingerprint density at radius 2 is 1.86 bits per heavy atom. The first-order valence-electron chi connectivity index (χ1n) is 4.16. The maximum atomic E-state index is 11.7. The van der Waals surface area contributed by atoms with Crippen molar-refractivity contribution in [2.45, 2.75) is 27.1 Å². The van der Waals surface area contributed by atoms with Crippen LogP contribution in [0.2, 0.25) is 0 Å². The van der Waals surface area contributed by atoms with Crippen LogP contribution in [-0.2, 0) is 0 Å². The maximum Gasteiger partial charge on any atom is 0.574 e. The van der Waals surface area contributed by atoms with Gasteiger partial charge in [0.05, 0.1) is 0 Å². The third-order valence-electron chi connectivity index (χ3n) is 1.17. The second-order valence-electron chi connectivity index (χ2n) is 2.17. The van der Waals surface area contributed by atoms with Crippen LogP contribution in [0, 0.1) is 6.92 Å². The smallest absolute Gasteiger partial charge is 0.388 e. The van der Waals surface area contributed by atoms with Crippen molar-refractivity contribution in [1.29, 1.82) is 0 Å². The van der Waals surface area contributed by atoms with Crippen LogP contribution in [0.1, 0.15) is 19.4 Å². The van der Waals surface area contributed by atoms with Gasteiger partial charge in [-0.15, -0.1) is 13.2 Å². The van der Waals surface area contributed by atoms with Crippen molar-refractivity contribution < 1.29 is 17.9 Å². The Morgan fingerprint density at radius 3 is 2.29 bits per heavy atom. The molecule has 0 aliphatic carbocycles. The molecule has 0 spiro atoms. The number of aryl methyl sites for hydroxylation is 1. The average molecular weight is 207 g/mol. The van der Waals surface area contributed by atoms with Gasteiger partial charge in [0.1, 0.15) is 0 Å². The fraction of sp³-hybridized carbons (Fsp3) is 0.444. The summed E-state index contributed by atoms with van der Waals surface area (Å²) in [6.07, 6.45) is -3.42. The van der Waals surface area contributed by atoms with Crippen molar-refractivity contribution in [1.82, 2.24) is 4.98 Å². The normalized spacial score (nSPS) is 10.1. The molecule has 14 heavy (non-hydrogen) atoms. The molecule has 0 radical (unpaired) electrons. The van der Waals surface area contributed by atoms with E-state index in [1.165, 1.54) is 19.2 Å². The Balaban J connectivity index is 0.000000791. The third kappa shape index (κ3) is 4.69. The first-order valence-corrected chi connectivity index (χ1v) is 4.16. The number of pyridine rings is 1. The highest BCUT2D eigenvalue weighted by molar-refractivity contribution is 5.23. The van der Waals surface area contributed by atoms with Gasteiger partial charge in [-0.2, -0.15) is 0 Å². The molecule has 0 amide bonds. The second-order valence-corrected chi connectivity index (χ2v) is 2.17. The fourth-order valence-corrected chi connectivity index (χ4v) is 0.688. The van der Waals surface area contributed by atoms with Gasteiger partial charge in [-0.1, -0.05) is 19.9 Å². The summed E-state index contributed by atoms with van der Waals surface area (Å²) in [6.45, 7) is 5.49. The van der Waals surface area contributed by atoms with Crippen molar-refractivity contribution in [2.75, 3.05) is 0 Å². The molecule has 0 aliphatic rings. The summed E-state index contributed by atoms with van der Waals surface area (Å²) in [5.74, 6) is -0.398. The number of hydrogen-bond acceptors (Lipinski definition) is 2. The highest BCUT2D eigenvalue weighted by atomic mass is 19.4. The second kappa shape index (κ2) is 5.47. The average Bonchev–Trinajstić information content (AvgIpc) is 2.10. The number of hydrogen-bond donors (Lipinski definition) is 0. The van der Waals surface area contributed by atoms with Gasteiger partial charge in [0.25, 0.3) is 0 Å². The van der Waals surface area contributed by atoms with Gasteiger partial charge in [-0.25, -0.2) is 4.98 Å². The largest absolute Gasteiger partial charge is 0.574 e. The molecule has 1 heterocycles. The molecule has 1 aromatic rings. The molecule has 0 aliphatic heterocycles. The van der Waals surface area contributed by atoms with Crippen LogP contribution in [0.15, 0.2) is 18.3 Å². The standard InChI is InChI=1S/C7H6F3NO.C2H6/c1-5-3-2-4-11-6(5)12-7(8,9)10;1-2/h2-4H,1H3;1-2H3. The lowest BCUT2D eigenvalue weighted by molar-refractivity contribution is -0.276. The van der Waals surface area contributed by atoms with E-state index in [4.69, 9.17) is 0 Å². The van der Waals surface area contributed by atoms with Gasteiger partial charge >= 0.3 is 6.36 Å². The zero-order valence-electron chi connectivity index (χ0n) is 8.22. The van der Waals surface area contributed by atoms with Gasteiger partial charge < -0.3 is 4.74 Å². The van der Waals surface area contributed by atoms with Crippen LogP contribution < -0.4 is 4.74 Å². The molecule has 0 saturated heterocycles. The minimum atomic E-state index is -4.67. The maximum absolute atomic E-state index is 11.7. The first kappa shape index (κ1) is 12.7. The first-order chi connectivity index (χ1) is 6.49. The van der Waals surface area contributed by atoms with Gasteiger partial charge in [-0.05, 0) is 13.0 Å².